The fourth-order valence-corrected chi connectivity index (χ4v) is 6.56. The molecule has 1 aliphatic carbocycles. The number of piperazine rings is 1. The predicted molar refractivity (Wildman–Crippen MR) is 164 cm³/mol. The van der Waals surface area contributed by atoms with Crippen molar-refractivity contribution in [3.63, 3.8) is 0 Å². The largest absolute Gasteiger partial charge is 0.478 e. The molecule has 9 heteroatoms. The van der Waals surface area contributed by atoms with Gasteiger partial charge in [-0.15, -0.1) is 0 Å². The van der Waals surface area contributed by atoms with Gasteiger partial charge in [0, 0.05) is 66.5 Å². The maximum atomic E-state index is 12.0. The number of aromatic amines is 1. The Kier molecular flexibility index (Phi) is 7.14. The number of ether oxygens (including phenoxy) is 2. The lowest BCUT2D eigenvalue weighted by atomic mass is 9.69. The zero-order chi connectivity index (χ0) is 28.7. The maximum absolute atomic E-state index is 12.0. The molecule has 0 saturated carbocycles. The number of pyridine rings is 1. The summed E-state index contributed by atoms with van der Waals surface area (Å²) in [5.74, 6) is -0.211. The smallest absolute Gasteiger partial charge is 0.339 e. The number of carboxylic acid groups (broad SMARTS) is 1. The second kappa shape index (κ2) is 11.1. The molecule has 3 aliphatic rings. The number of carboxylic acids is 1. The fraction of sp³-hybridized carbons (Fsp3) is 0.333. The number of hydrogen-bond donors (Lipinski definition) is 2. The number of anilines is 1. The van der Waals surface area contributed by atoms with Crippen molar-refractivity contribution in [3.05, 3.63) is 88.7 Å². The standard InChI is InChI=1S/C33H33ClN4O4/c34-25-3-1-22(2-4-25)29-17-33(20-41-21-33)9-7-24(29)19-37-11-13-38(14-12-37)26-5-6-28(32(39)40)30(16-26)42-27-15-23-8-10-35-31(23)36-18-27/h1-6,8,10,15-16,18H,7,9,11-14,17,19-21H2,(H,35,36)(H,39,40). The molecule has 0 radical (unpaired) electrons. The van der Waals surface area contributed by atoms with Gasteiger partial charge >= 0.3 is 5.97 Å². The van der Waals surface area contributed by atoms with Crippen molar-refractivity contribution in [2.45, 2.75) is 19.3 Å². The van der Waals surface area contributed by atoms with Crippen LogP contribution in [-0.2, 0) is 4.74 Å². The van der Waals surface area contributed by atoms with Crippen molar-refractivity contribution in [3.8, 4) is 11.5 Å². The van der Waals surface area contributed by atoms with E-state index in [4.69, 9.17) is 21.1 Å². The number of carbonyl (C=O) groups is 1. The van der Waals surface area contributed by atoms with Crippen LogP contribution in [0.1, 0.15) is 35.2 Å². The van der Waals surface area contributed by atoms with Gasteiger partial charge in [0.05, 0.1) is 19.4 Å². The van der Waals surface area contributed by atoms with Gasteiger partial charge in [-0.1, -0.05) is 29.3 Å². The van der Waals surface area contributed by atoms with Gasteiger partial charge in [-0.3, -0.25) is 4.90 Å². The number of nitrogens with one attached hydrogen (secondary N) is 1. The molecule has 2 N–H and O–H groups in total. The number of benzene rings is 2. The summed E-state index contributed by atoms with van der Waals surface area (Å²) in [6.45, 7) is 6.24. The van der Waals surface area contributed by atoms with Crippen LogP contribution in [0, 0.1) is 5.41 Å². The Balaban J connectivity index is 1.06. The van der Waals surface area contributed by atoms with E-state index in [1.165, 1.54) is 23.1 Å². The lowest BCUT2D eigenvalue weighted by molar-refractivity contribution is -0.116. The molecule has 0 unspecified atom stereocenters. The monoisotopic (exact) mass is 584 g/mol. The van der Waals surface area contributed by atoms with Gasteiger partial charge in [0.25, 0.3) is 0 Å². The summed E-state index contributed by atoms with van der Waals surface area (Å²) in [6, 6.07) is 17.4. The minimum atomic E-state index is -1.02. The highest BCUT2D eigenvalue weighted by Gasteiger charge is 2.42. The van der Waals surface area contributed by atoms with Crippen LogP contribution in [0.25, 0.3) is 16.6 Å². The van der Waals surface area contributed by atoms with Gasteiger partial charge in [0.2, 0.25) is 0 Å². The van der Waals surface area contributed by atoms with Crippen LogP contribution in [0.15, 0.2) is 72.6 Å². The third-order valence-corrected chi connectivity index (χ3v) is 9.15. The Hall–Kier alpha value is -3.85. The molecule has 2 aromatic carbocycles. The Labute approximate surface area is 249 Å². The van der Waals surface area contributed by atoms with Gasteiger partial charge in [-0.25, -0.2) is 9.78 Å². The van der Waals surface area contributed by atoms with Gasteiger partial charge in [0.15, 0.2) is 0 Å². The number of nitrogens with zero attached hydrogens (tertiary/aromatic N) is 3. The van der Waals surface area contributed by atoms with Crippen molar-refractivity contribution >= 4 is 39.9 Å². The molecule has 4 heterocycles. The van der Waals surface area contributed by atoms with Crippen molar-refractivity contribution < 1.29 is 19.4 Å². The molecule has 4 aromatic rings. The normalized spacial score (nSPS) is 18.8. The predicted octanol–water partition coefficient (Wildman–Crippen LogP) is 6.48. The third kappa shape index (κ3) is 5.38. The second-order valence-electron chi connectivity index (χ2n) is 11.7. The lowest BCUT2D eigenvalue weighted by Crippen LogP contribution is -2.48. The number of aromatic nitrogens is 2. The molecule has 0 amide bonds. The van der Waals surface area contributed by atoms with Crippen molar-refractivity contribution in [2.75, 3.05) is 50.8 Å². The highest BCUT2D eigenvalue weighted by atomic mass is 35.5. The Morgan fingerprint density at radius 2 is 1.88 bits per heavy atom. The van der Waals surface area contributed by atoms with Crippen LogP contribution < -0.4 is 9.64 Å². The Bertz CT molecular complexity index is 1650. The molecule has 2 fully saturated rings. The van der Waals surface area contributed by atoms with E-state index in [0.29, 0.717) is 16.9 Å². The van der Waals surface area contributed by atoms with Gasteiger partial charge < -0.3 is 24.5 Å². The first-order valence-corrected chi connectivity index (χ1v) is 14.8. The first-order chi connectivity index (χ1) is 20.4. The molecule has 1 spiro atoms. The summed E-state index contributed by atoms with van der Waals surface area (Å²) in [5, 5.41) is 11.5. The maximum Gasteiger partial charge on any atom is 0.339 e. The van der Waals surface area contributed by atoms with E-state index in [2.05, 4.69) is 31.9 Å². The number of allylic oxidation sites excluding steroid dienone is 1. The minimum absolute atomic E-state index is 0.125. The number of rotatable bonds is 7. The first-order valence-electron chi connectivity index (χ1n) is 14.4. The molecule has 2 aliphatic heterocycles. The van der Waals surface area contributed by atoms with E-state index in [9.17, 15) is 9.90 Å². The molecule has 2 saturated heterocycles. The van der Waals surface area contributed by atoms with Gasteiger partial charge in [-0.2, -0.15) is 0 Å². The molecular weight excluding hydrogens is 552 g/mol. The van der Waals surface area contributed by atoms with E-state index < -0.39 is 5.97 Å². The van der Waals surface area contributed by atoms with E-state index in [-0.39, 0.29) is 5.56 Å². The molecule has 42 heavy (non-hydrogen) atoms. The number of fused-ring (bicyclic) bond motifs is 1. The summed E-state index contributed by atoms with van der Waals surface area (Å²) in [6.07, 6.45) is 6.77. The van der Waals surface area contributed by atoms with Crippen LogP contribution in [0.3, 0.4) is 0 Å². The van der Waals surface area contributed by atoms with Crippen LogP contribution >= 0.6 is 11.6 Å². The summed E-state index contributed by atoms with van der Waals surface area (Å²) < 4.78 is 11.7. The average Bonchev–Trinajstić information content (AvgIpc) is 3.45. The van der Waals surface area contributed by atoms with E-state index in [1.807, 2.05) is 42.6 Å². The average molecular weight is 585 g/mol. The van der Waals surface area contributed by atoms with Gasteiger partial charge in [0.1, 0.15) is 22.7 Å². The summed E-state index contributed by atoms with van der Waals surface area (Å²) >= 11 is 6.20. The summed E-state index contributed by atoms with van der Waals surface area (Å²) in [5.41, 5.74) is 6.39. The Morgan fingerprint density at radius 1 is 1.07 bits per heavy atom. The minimum Gasteiger partial charge on any atom is -0.478 e. The zero-order valence-electron chi connectivity index (χ0n) is 23.3. The highest BCUT2D eigenvalue weighted by molar-refractivity contribution is 6.30. The third-order valence-electron chi connectivity index (χ3n) is 8.90. The molecule has 216 valence electrons. The molecular formula is C33H33ClN4O4. The zero-order valence-corrected chi connectivity index (χ0v) is 24.1. The van der Waals surface area contributed by atoms with Gasteiger partial charge in [-0.05, 0) is 66.8 Å². The van der Waals surface area contributed by atoms with Crippen molar-refractivity contribution in [2.24, 2.45) is 5.41 Å². The molecule has 7 rings (SSSR count). The van der Waals surface area contributed by atoms with Crippen LogP contribution in [0.5, 0.6) is 11.5 Å². The van der Waals surface area contributed by atoms with Crippen molar-refractivity contribution in [1.29, 1.82) is 0 Å². The first kappa shape index (κ1) is 27.0. The van der Waals surface area contributed by atoms with Crippen LogP contribution in [-0.4, -0.2) is 71.9 Å². The lowest BCUT2D eigenvalue weighted by Gasteiger charge is -2.46. The summed E-state index contributed by atoms with van der Waals surface area (Å²) in [7, 11) is 0. The van der Waals surface area contributed by atoms with Crippen LogP contribution in [0.4, 0.5) is 5.69 Å². The number of H-pyrrole nitrogens is 1. The second-order valence-corrected chi connectivity index (χ2v) is 12.1. The molecule has 8 nitrogen and oxygen atoms in total. The van der Waals surface area contributed by atoms with Crippen molar-refractivity contribution in [1.82, 2.24) is 14.9 Å². The number of aromatic carboxylic acids is 1. The van der Waals surface area contributed by atoms with E-state index in [1.54, 1.807) is 12.3 Å². The highest BCUT2D eigenvalue weighted by Crippen LogP contribution is 2.48. The molecule has 0 bridgehead atoms. The van der Waals surface area contributed by atoms with E-state index in [0.717, 1.165) is 80.5 Å². The number of hydrogen-bond acceptors (Lipinski definition) is 6. The molecule has 2 aromatic heterocycles. The quantitative estimate of drug-likeness (QED) is 0.257. The number of halogens is 1. The van der Waals surface area contributed by atoms with E-state index >= 15 is 0 Å². The van der Waals surface area contributed by atoms with Crippen LogP contribution in [0.2, 0.25) is 5.02 Å². The Morgan fingerprint density at radius 3 is 2.62 bits per heavy atom. The molecule has 0 atom stereocenters. The SMILES string of the molecule is O=C(O)c1ccc(N2CCN(CC3=C(c4ccc(Cl)cc4)CC4(CC3)COC4)CC2)cc1Oc1cnc2[nH]ccc2c1. The fourth-order valence-electron chi connectivity index (χ4n) is 6.43. The topological polar surface area (TPSA) is 90.9 Å². The summed E-state index contributed by atoms with van der Waals surface area (Å²) in [4.78, 5) is 24.2.